The zero-order valence-electron chi connectivity index (χ0n) is 9.61. The van der Waals surface area contributed by atoms with Crippen LogP contribution in [0.1, 0.15) is 22.3 Å². The Kier molecular flexibility index (Phi) is 3.98. The van der Waals surface area contributed by atoms with Crippen LogP contribution < -0.4 is 5.32 Å². The second-order valence-electron chi connectivity index (χ2n) is 3.56. The smallest absolute Gasteiger partial charge is 0.347 e. The molecule has 1 aromatic heterocycles. The third kappa shape index (κ3) is 2.70. The van der Waals surface area contributed by atoms with Crippen LogP contribution in [0.25, 0.3) is 0 Å². The highest BCUT2D eigenvalue weighted by Gasteiger charge is 2.16. The van der Waals surface area contributed by atoms with Gasteiger partial charge in [0.2, 0.25) is 0 Å². The Hall–Kier alpha value is -1.40. The number of nitrogens with zero attached hydrogens (tertiary/aromatic N) is 1. The van der Waals surface area contributed by atoms with Gasteiger partial charge in [0.05, 0.1) is 11.4 Å². The minimum atomic E-state index is -0.926. The van der Waals surface area contributed by atoms with E-state index in [2.05, 4.69) is 26.2 Å². The fourth-order valence-corrected chi connectivity index (χ4v) is 2.78. The van der Waals surface area contributed by atoms with E-state index in [1.54, 1.807) is 0 Å². The lowest BCUT2D eigenvalue weighted by atomic mass is 10.3. The van der Waals surface area contributed by atoms with Gasteiger partial charge < -0.3 is 10.4 Å². The molecule has 0 saturated heterocycles. The Labute approximate surface area is 117 Å². The lowest BCUT2D eigenvalue weighted by Gasteiger charge is -2.03. The fourth-order valence-electron chi connectivity index (χ4n) is 1.49. The number of anilines is 2. The molecule has 1 aromatic carbocycles. The standard InChI is InChI=1S/C12H11BrN2O2S/c1-2-8-10(11(16)17)18-12(14-8)15-9-6-4-3-5-7(9)13/h3-6H,2H2,1H3,(H,14,15)(H,16,17). The predicted octanol–water partition coefficient (Wildman–Crippen LogP) is 3.91. The third-order valence-corrected chi connectivity index (χ3v) is 4.03. The lowest BCUT2D eigenvalue weighted by Crippen LogP contribution is -1.97. The number of halogens is 1. The van der Waals surface area contributed by atoms with Gasteiger partial charge in [0.15, 0.2) is 5.13 Å². The SMILES string of the molecule is CCc1nc(Nc2ccccc2Br)sc1C(=O)O. The molecule has 2 aromatic rings. The molecule has 0 amide bonds. The van der Waals surface area contributed by atoms with Crippen molar-refractivity contribution in [2.45, 2.75) is 13.3 Å². The van der Waals surface area contributed by atoms with Crippen molar-refractivity contribution >= 4 is 44.1 Å². The Morgan fingerprint density at radius 3 is 2.78 bits per heavy atom. The van der Waals surface area contributed by atoms with E-state index in [1.165, 1.54) is 0 Å². The molecular weight excluding hydrogens is 316 g/mol. The summed E-state index contributed by atoms with van der Waals surface area (Å²) in [5, 5.41) is 12.8. The van der Waals surface area contributed by atoms with E-state index in [0.717, 1.165) is 21.5 Å². The van der Waals surface area contributed by atoms with Crippen LogP contribution >= 0.6 is 27.3 Å². The van der Waals surface area contributed by atoms with E-state index in [0.29, 0.717) is 22.1 Å². The maximum Gasteiger partial charge on any atom is 0.347 e. The van der Waals surface area contributed by atoms with E-state index in [-0.39, 0.29) is 0 Å². The molecule has 18 heavy (non-hydrogen) atoms. The van der Waals surface area contributed by atoms with Gasteiger partial charge in [0.1, 0.15) is 4.88 Å². The minimum Gasteiger partial charge on any atom is -0.477 e. The summed E-state index contributed by atoms with van der Waals surface area (Å²) in [6.45, 7) is 1.89. The maximum atomic E-state index is 11.0. The molecule has 94 valence electrons. The molecule has 0 fully saturated rings. The normalized spacial score (nSPS) is 10.3. The first-order valence-corrected chi connectivity index (χ1v) is 6.97. The number of benzene rings is 1. The van der Waals surface area contributed by atoms with Crippen molar-refractivity contribution in [3.05, 3.63) is 39.3 Å². The maximum absolute atomic E-state index is 11.0. The zero-order chi connectivity index (χ0) is 13.1. The number of carbonyl (C=O) groups is 1. The second-order valence-corrected chi connectivity index (χ2v) is 5.41. The average molecular weight is 327 g/mol. The van der Waals surface area contributed by atoms with Gasteiger partial charge in [0, 0.05) is 4.47 Å². The molecule has 2 rings (SSSR count). The first-order chi connectivity index (χ1) is 8.61. The van der Waals surface area contributed by atoms with Gasteiger partial charge in [-0.1, -0.05) is 30.4 Å². The number of aryl methyl sites for hydroxylation is 1. The van der Waals surface area contributed by atoms with Crippen molar-refractivity contribution in [3.8, 4) is 0 Å². The molecule has 0 saturated carbocycles. The van der Waals surface area contributed by atoms with Crippen molar-refractivity contribution in [1.82, 2.24) is 4.98 Å². The van der Waals surface area contributed by atoms with Gasteiger partial charge in [-0.05, 0) is 34.5 Å². The van der Waals surface area contributed by atoms with Crippen molar-refractivity contribution in [3.63, 3.8) is 0 Å². The Balaban J connectivity index is 2.30. The lowest BCUT2D eigenvalue weighted by molar-refractivity contribution is 0.0701. The summed E-state index contributed by atoms with van der Waals surface area (Å²) >= 11 is 4.58. The number of aromatic carboxylic acids is 1. The number of nitrogens with one attached hydrogen (secondary N) is 1. The van der Waals surface area contributed by atoms with Crippen LogP contribution in [0, 0.1) is 0 Å². The van der Waals surface area contributed by atoms with Gasteiger partial charge in [-0.2, -0.15) is 0 Å². The molecule has 4 nitrogen and oxygen atoms in total. The number of carboxylic acid groups (broad SMARTS) is 1. The summed E-state index contributed by atoms with van der Waals surface area (Å²) in [6, 6.07) is 7.63. The molecular formula is C12H11BrN2O2S. The van der Waals surface area contributed by atoms with Gasteiger partial charge in [-0.25, -0.2) is 9.78 Å². The highest BCUT2D eigenvalue weighted by molar-refractivity contribution is 9.10. The second kappa shape index (κ2) is 5.49. The molecule has 0 spiro atoms. The molecule has 0 unspecified atom stereocenters. The topological polar surface area (TPSA) is 62.2 Å². The third-order valence-electron chi connectivity index (χ3n) is 2.34. The van der Waals surface area contributed by atoms with E-state index in [9.17, 15) is 4.79 Å². The monoisotopic (exact) mass is 326 g/mol. The van der Waals surface area contributed by atoms with E-state index in [1.807, 2.05) is 31.2 Å². The number of hydrogen-bond acceptors (Lipinski definition) is 4. The van der Waals surface area contributed by atoms with E-state index < -0.39 is 5.97 Å². The van der Waals surface area contributed by atoms with Crippen LogP contribution in [0.15, 0.2) is 28.7 Å². The van der Waals surface area contributed by atoms with Crippen LogP contribution in [-0.2, 0) is 6.42 Å². The van der Waals surface area contributed by atoms with Crippen LogP contribution in [-0.4, -0.2) is 16.1 Å². The van der Waals surface area contributed by atoms with Crippen LogP contribution in [0.2, 0.25) is 0 Å². The molecule has 0 bridgehead atoms. The van der Waals surface area contributed by atoms with Gasteiger partial charge in [-0.3, -0.25) is 0 Å². The van der Waals surface area contributed by atoms with Gasteiger partial charge in [0.25, 0.3) is 0 Å². The Morgan fingerprint density at radius 1 is 1.50 bits per heavy atom. The van der Waals surface area contributed by atoms with E-state index in [4.69, 9.17) is 5.11 Å². The van der Waals surface area contributed by atoms with Crippen molar-refractivity contribution in [1.29, 1.82) is 0 Å². The Bertz CT molecular complexity index is 583. The molecule has 0 aliphatic carbocycles. The largest absolute Gasteiger partial charge is 0.477 e. The molecule has 0 aliphatic rings. The number of para-hydroxylation sites is 1. The van der Waals surface area contributed by atoms with Crippen molar-refractivity contribution in [2.75, 3.05) is 5.32 Å². The van der Waals surface area contributed by atoms with Gasteiger partial charge in [-0.15, -0.1) is 0 Å². The molecule has 0 radical (unpaired) electrons. The summed E-state index contributed by atoms with van der Waals surface area (Å²) in [5.41, 5.74) is 1.48. The highest BCUT2D eigenvalue weighted by atomic mass is 79.9. The number of thiazole rings is 1. The van der Waals surface area contributed by atoms with Crippen LogP contribution in [0.4, 0.5) is 10.8 Å². The summed E-state index contributed by atoms with van der Waals surface area (Å²) in [5.74, 6) is -0.926. The van der Waals surface area contributed by atoms with Crippen molar-refractivity contribution < 1.29 is 9.90 Å². The molecule has 0 atom stereocenters. The van der Waals surface area contributed by atoms with Crippen LogP contribution in [0.5, 0.6) is 0 Å². The zero-order valence-corrected chi connectivity index (χ0v) is 12.0. The quantitative estimate of drug-likeness (QED) is 0.894. The number of aromatic nitrogens is 1. The highest BCUT2D eigenvalue weighted by Crippen LogP contribution is 2.29. The number of rotatable bonds is 4. The van der Waals surface area contributed by atoms with E-state index >= 15 is 0 Å². The van der Waals surface area contributed by atoms with Crippen molar-refractivity contribution in [2.24, 2.45) is 0 Å². The fraction of sp³-hybridized carbons (Fsp3) is 0.167. The summed E-state index contributed by atoms with van der Waals surface area (Å²) < 4.78 is 0.912. The van der Waals surface area contributed by atoms with Crippen LogP contribution in [0.3, 0.4) is 0 Å². The van der Waals surface area contributed by atoms with Gasteiger partial charge >= 0.3 is 5.97 Å². The molecule has 6 heteroatoms. The minimum absolute atomic E-state index is 0.298. The molecule has 1 heterocycles. The first-order valence-electron chi connectivity index (χ1n) is 5.36. The molecule has 0 aliphatic heterocycles. The summed E-state index contributed by atoms with van der Waals surface area (Å²) in [7, 11) is 0. The number of carboxylic acids is 1. The summed E-state index contributed by atoms with van der Waals surface area (Å²) in [4.78, 5) is 15.6. The summed E-state index contributed by atoms with van der Waals surface area (Å²) in [6.07, 6.45) is 0.607. The average Bonchev–Trinajstić information content (AvgIpc) is 2.75. The number of hydrogen-bond donors (Lipinski definition) is 2. The Morgan fingerprint density at radius 2 is 2.22 bits per heavy atom. The first kappa shape index (κ1) is 13.0. The molecule has 2 N–H and O–H groups in total. The predicted molar refractivity (Wildman–Crippen MR) is 75.9 cm³/mol.